The fourth-order valence-corrected chi connectivity index (χ4v) is 2.85. The lowest BCUT2D eigenvalue weighted by molar-refractivity contribution is -0.116. The smallest absolute Gasteiger partial charge is 0.233 e. The summed E-state index contributed by atoms with van der Waals surface area (Å²) in [6.45, 7) is 1.70. The van der Waals surface area contributed by atoms with Crippen LogP contribution in [0.3, 0.4) is 0 Å². The Balaban J connectivity index is 1.84. The van der Waals surface area contributed by atoms with E-state index in [4.69, 9.17) is 0 Å². The van der Waals surface area contributed by atoms with Gasteiger partial charge in [-0.25, -0.2) is 17.5 Å². The average molecular weight is 362 g/mol. The van der Waals surface area contributed by atoms with Gasteiger partial charge in [-0.15, -0.1) is 0 Å². The summed E-state index contributed by atoms with van der Waals surface area (Å²) in [5, 5.41) is 3.47. The number of nitrogens with one attached hydrogen (secondary N) is 2. The van der Waals surface area contributed by atoms with Gasteiger partial charge in [0.05, 0.1) is 5.69 Å². The van der Waals surface area contributed by atoms with Crippen molar-refractivity contribution in [3.8, 4) is 0 Å². The van der Waals surface area contributed by atoms with E-state index in [-0.39, 0.29) is 18.7 Å². The zero-order valence-electron chi connectivity index (χ0n) is 13.7. The van der Waals surface area contributed by atoms with Gasteiger partial charge in [0, 0.05) is 18.4 Å². The van der Waals surface area contributed by atoms with E-state index in [1.165, 1.54) is 18.2 Å². The van der Waals surface area contributed by atoms with Gasteiger partial charge in [0.15, 0.2) is 0 Å². The van der Waals surface area contributed by atoms with E-state index in [1.54, 1.807) is 37.3 Å². The summed E-state index contributed by atoms with van der Waals surface area (Å²) in [7, 11) is -3.65. The van der Waals surface area contributed by atoms with Crippen LogP contribution in [0.5, 0.6) is 0 Å². The second kappa shape index (κ2) is 8.55. The number of aryl methyl sites for hydroxylation is 1. The molecule has 7 heteroatoms. The molecule has 0 aliphatic rings. The minimum Gasteiger partial charge on any atom is -0.324 e. The summed E-state index contributed by atoms with van der Waals surface area (Å²) in [4.78, 5) is 11.8. The molecule has 0 saturated heterocycles. The highest BCUT2D eigenvalue weighted by atomic mass is 32.2. The van der Waals surface area contributed by atoms with Crippen molar-refractivity contribution in [3.05, 3.63) is 70.9 Å². The van der Waals surface area contributed by atoms with Crippen molar-refractivity contribution in [2.75, 3.05) is 11.9 Å². The number of carbonyl (C=O) groups excluding carboxylic acids is 1. The Bertz CT molecular complexity index is 865. The van der Waals surface area contributed by atoms with Crippen LogP contribution in [-0.4, -0.2) is 20.9 Å². The lowest BCUT2D eigenvalue weighted by Gasteiger charge is -2.07. The Hall–Kier alpha value is -2.51. The van der Waals surface area contributed by atoms with Crippen LogP contribution in [0.1, 0.15) is 17.5 Å². The van der Waals surface area contributed by atoms with Gasteiger partial charge in [-0.3, -0.25) is 4.79 Å². The van der Waals surface area contributed by atoms with Crippen LogP contribution in [0.25, 0.3) is 6.08 Å². The Morgan fingerprint density at radius 2 is 1.88 bits per heavy atom. The topological polar surface area (TPSA) is 75.3 Å². The van der Waals surface area contributed by atoms with E-state index >= 15 is 0 Å². The molecule has 2 rings (SSSR count). The van der Waals surface area contributed by atoms with Gasteiger partial charge in [-0.05, 0) is 36.3 Å². The Labute approximate surface area is 146 Å². The van der Waals surface area contributed by atoms with E-state index in [0.717, 1.165) is 16.5 Å². The van der Waals surface area contributed by atoms with E-state index in [1.807, 2.05) is 6.07 Å². The molecule has 0 aliphatic carbocycles. The molecule has 5 nitrogen and oxygen atoms in total. The molecule has 0 aliphatic heterocycles. The molecule has 0 spiro atoms. The molecule has 0 unspecified atom stereocenters. The molecule has 132 valence electrons. The highest BCUT2D eigenvalue weighted by Crippen LogP contribution is 2.15. The summed E-state index contributed by atoms with van der Waals surface area (Å²) in [6.07, 6.45) is 1.36. The van der Waals surface area contributed by atoms with Gasteiger partial charge in [-0.2, -0.15) is 0 Å². The van der Waals surface area contributed by atoms with Crippen LogP contribution < -0.4 is 10.0 Å². The molecule has 0 heterocycles. The Kier molecular flexibility index (Phi) is 6.44. The highest BCUT2D eigenvalue weighted by molar-refractivity contribution is 7.92. The van der Waals surface area contributed by atoms with Crippen molar-refractivity contribution in [2.45, 2.75) is 13.3 Å². The minimum absolute atomic E-state index is 0.0804. The third-order valence-corrected chi connectivity index (χ3v) is 4.39. The molecule has 25 heavy (non-hydrogen) atoms. The maximum absolute atomic E-state index is 13.6. The number of halogens is 1. The molecule has 0 atom stereocenters. The molecule has 0 aromatic heterocycles. The molecule has 0 radical (unpaired) electrons. The quantitative estimate of drug-likeness (QED) is 0.795. The monoisotopic (exact) mass is 362 g/mol. The van der Waals surface area contributed by atoms with Crippen LogP contribution in [-0.2, 0) is 14.8 Å². The van der Waals surface area contributed by atoms with Crippen molar-refractivity contribution in [2.24, 2.45) is 0 Å². The lowest BCUT2D eigenvalue weighted by atomic mass is 10.2. The molecular formula is C18H19FN2O3S. The first-order valence-corrected chi connectivity index (χ1v) is 9.19. The van der Waals surface area contributed by atoms with Gasteiger partial charge in [0.2, 0.25) is 15.9 Å². The maximum atomic E-state index is 13.6. The molecule has 2 aromatic carbocycles. The van der Waals surface area contributed by atoms with Crippen LogP contribution in [0.4, 0.5) is 10.1 Å². The van der Waals surface area contributed by atoms with Crippen molar-refractivity contribution in [1.29, 1.82) is 0 Å². The average Bonchev–Trinajstić information content (AvgIpc) is 2.57. The molecule has 0 bridgehead atoms. The molecule has 0 saturated carbocycles. The standard InChI is InChI=1S/C18H19FN2O3S/c1-14-7-8-16(19)17(13-14)21-18(22)9-11-20-25(23,24)12-10-15-5-3-2-4-6-15/h2-8,10,12-13,20H,9,11H2,1H3,(H,21,22)/b12-10+. The van der Waals surface area contributed by atoms with E-state index in [9.17, 15) is 17.6 Å². The van der Waals surface area contributed by atoms with E-state index in [2.05, 4.69) is 10.0 Å². The molecular weight excluding hydrogens is 343 g/mol. The van der Waals surface area contributed by atoms with E-state index < -0.39 is 21.7 Å². The van der Waals surface area contributed by atoms with Gasteiger partial charge >= 0.3 is 0 Å². The normalized spacial score (nSPS) is 11.6. The Morgan fingerprint density at radius 1 is 1.16 bits per heavy atom. The number of anilines is 1. The number of carbonyl (C=O) groups is 1. The number of benzene rings is 2. The highest BCUT2D eigenvalue weighted by Gasteiger charge is 2.09. The fourth-order valence-electron chi connectivity index (χ4n) is 2.03. The first-order valence-electron chi connectivity index (χ1n) is 7.64. The van der Waals surface area contributed by atoms with Crippen molar-refractivity contribution in [1.82, 2.24) is 4.72 Å². The maximum Gasteiger partial charge on any atom is 0.233 e. The van der Waals surface area contributed by atoms with Crippen molar-refractivity contribution >= 4 is 27.7 Å². The third-order valence-electron chi connectivity index (χ3n) is 3.29. The summed E-state index contributed by atoms with van der Waals surface area (Å²) >= 11 is 0. The first kappa shape index (κ1) is 18.8. The van der Waals surface area contributed by atoms with Gasteiger partial charge < -0.3 is 5.32 Å². The predicted octanol–water partition coefficient (Wildman–Crippen LogP) is 3.05. The zero-order valence-corrected chi connectivity index (χ0v) is 14.5. The largest absolute Gasteiger partial charge is 0.324 e. The summed E-state index contributed by atoms with van der Waals surface area (Å²) in [5.74, 6) is -1.01. The number of amides is 1. The molecule has 0 fully saturated rings. The molecule has 2 N–H and O–H groups in total. The van der Waals surface area contributed by atoms with Gasteiger partial charge in [0.25, 0.3) is 0 Å². The summed E-state index contributed by atoms with van der Waals surface area (Å²) < 4.78 is 39.6. The molecule has 2 aromatic rings. The fraction of sp³-hybridized carbons (Fsp3) is 0.167. The van der Waals surface area contributed by atoms with Crippen LogP contribution in [0.15, 0.2) is 53.9 Å². The number of rotatable bonds is 7. The van der Waals surface area contributed by atoms with Crippen LogP contribution in [0.2, 0.25) is 0 Å². The summed E-state index contributed by atoms with van der Waals surface area (Å²) in [5.41, 5.74) is 1.64. The second-order valence-corrected chi connectivity index (χ2v) is 7.09. The number of hydrogen-bond acceptors (Lipinski definition) is 3. The third kappa shape index (κ3) is 6.48. The van der Waals surface area contributed by atoms with E-state index in [0.29, 0.717) is 0 Å². The SMILES string of the molecule is Cc1ccc(F)c(NC(=O)CCNS(=O)(=O)/C=C/c2ccccc2)c1. The van der Waals surface area contributed by atoms with Crippen LogP contribution >= 0.6 is 0 Å². The molecule has 1 amide bonds. The number of hydrogen-bond donors (Lipinski definition) is 2. The van der Waals surface area contributed by atoms with Gasteiger partial charge in [0.1, 0.15) is 5.82 Å². The zero-order chi connectivity index (χ0) is 18.3. The first-order chi connectivity index (χ1) is 11.9. The predicted molar refractivity (Wildman–Crippen MR) is 96.8 cm³/mol. The lowest BCUT2D eigenvalue weighted by Crippen LogP contribution is -2.26. The van der Waals surface area contributed by atoms with Gasteiger partial charge in [-0.1, -0.05) is 36.4 Å². The van der Waals surface area contributed by atoms with Crippen LogP contribution in [0, 0.1) is 12.7 Å². The summed E-state index contributed by atoms with van der Waals surface area (Å²) in [6, 6.07) is 13.4. The second-order valence-electron chi connectivity index (χ2n) is 5.43. The van der Waals surface area contributed by atoms with Crippen molar-refractivity contribution < 1.29 is 17.6 Å². The Morgan fingerprint density at radius 3 is 2.60 bits per heavy atom. The number of sulfonamides is 1. The minimum atomic E-state index is -3.65. The van der Waals surface area contributed by atoms with Crippen molar-refractivity contribution in [3.63, 3.8) is 0 Å².